The highest BCUT2D eigenvalue weighted by Gasteiger charge is 2.72. The Morgan fingerprint density at radius 3 is 2.06 bits per heavy atom. The molecule has 51 heavy (non-hydrogen) atoms. The van der Waals surface area contributed by atoms with Crippen LogP contribution in [0.3, 0.4) is 0 Å². The molecule has 0 radical (unpaired) electrons. The Morgan fingerprint density at radius 1 is 0.824 bits per heavy atom. The SMILES string of the molecule is C=C(CP(=O)(OCC)OCC)C1CCC2(C(=O)O)CC[C@]3(C)C(CCC4[C@@]5(C)CCC(OC(=O)CCC(C)(C)C(=O)O)C(C)(C)C5CC[C@]43C)C12. The number of carboxylic acid groups (broad SMARTS) is 2. The molecular weight excluding hydrogens is 667 g/mol. The first-order chi connectivity index (χ1) is 23.6. The van der Waals surface area contributed by atoms with E-state index in [0.717, 1.165) is 56.9 Å². The molecule has 7 unspecified atom stereocenters. The number of ether oxygens (including phenoxy) is 1. The fourth-order valence-electron chi connectivity index (χ4n) is 13.2. The highest BCUT2D eigenvalue weighted by atomic mass is 31.2. The lowest BCUT2D eigenvalue weighted by Crippen LogP contribution is -2.67. The largest absolute Gasteiger partial charge is 0.481 e. The van der Waals surface area contributed by atoms with E-state index in [-0.39, 0.29) is 83.7 Å². The van der Waals surface area contributed by atoms with Gasteiger partial charge in [-0.3, -0.25) is 18.9 Å². The average Bonchev–Trinajstić information content (AvgIpc) is 3.43. The first-order valence-corrected chi connectivity index (χ1v) is 21.5. The Labute approximate surface area is 306 Å². The van der Waals surface area contributed by atoms with Gasteiger partial charge in [-0.2, -0.15) is 0 Å². The van der Waals surface area contributed by atoms with Crippen molar-refractivity contribution in [3.63, 3.8) is 0 Å². The van der Waals surface area contributed by atoms with Crippen LogP contribution in [0.5, 0.6) is 0 Å². The summed E-state index contributed by atoms with van der Waals surface area (Å²) in [4.78, 5) is 38.0. The van der Waals surface area contributed by atoms with Crippen LogP contribution in [-0.2, 0) is 32.7 Å². The van der Waals surface area contributed by atoms with Gasteiger partial charge in [-0.05, 0) is 144 Å². The minimum absolute atomic E-state index is 0.00818. The fourth-order valence-corrected chi connectivity index (χ4v) is 15.0. The molecule has 290 valence electrons. The van der Waals surface area contributed by atoms with Gasteiger partial charge in [0.15, 0.2) is 0 Å². The lowest BCUT2D eigenvalue weighted by atomic mass is 9.32. The molecule has 0 amide bonds. The Morgan fingerprint density at radius 2 is 1.47 bits per heavy atom. The summed E-state index contributed by atoms with van der Waals surface area (Å²) in [6, 6.07) is 0. The van der Waals surface area contributed by atoms with Gasteiger partial charge in [-0.15, -0.1) is 0 Å². The second-order valence-corrected chi connectivity index (χ2v) is 21.1. The lowest BCUT2D eigenvalue weighted by Gasteiger charge is -2.72. The number of carbonyl (C=O) groups excluding carboxylic acids is 1. The molecule has 10 atom stereocenters. The van der Waals surface area contributed by atoms with Crippen molar-refractivity contribution in [1.82, 2.24) is 0 Å². The molecule has 5 aliphatic rings. The summed E-state index contributed by atoms with van der Waals surface area (Å²) in [6.07, 6.45) is 8.98. The van der Waals surface area contributed by atoms with E-state index in [1.807, 2.05) is 13.8 Å². The monoisotopic (exact) mass is 734 g/mol. The van der Waals surface area contributed by atoms with Gasteiger partial charge in [0.2, 0.25) is 0 Å². The molecule has 0 aromatic heterocycles. The van der Waals surface area contributed by atoms with Gasteiger partial charge in [0.25, 0.3) is 0 Å². The number of rotatable bonds is 13. The van der Waals surface area contributed by atoms with E-state index in [4.69, 9.17) is 13.8 Å². The smallest absolute Gasteiger partial charge is 0.334 e. The van der Waals surface area contributed by atoms with Crippen LogP contribution in [-0.4, -0.2) is 53.6 Å². The van der Waals surface area contributed by atoms with Gasteiger partial charge in [-0.1, -0.05) is 46.8 Å². The summed E-state index contributed by atoms with van der Waals surface area (Å²) in [7, 11) is -3.38. The van der Waals surface area contributed by atoms with E-state index in [0.29, 0.717) is 24.7 Å². The van der Waals surface area contributed by atoms with Crippen LogP contribution < -0.4 is 0 Å². The summed E-state index contributed by atoms with van der Waals surface area (Å²) in [5, 5.41) is 20.4. The van der Waals surface area contributed by atoms with Crippen molar-refractivity contribution < 1.29 is 42.9 Å². The molecule has 5 fully saturated rings. The summed E-state index contributed by atoms with van der Waals surface area (Å²) < 4.78 is 31.2. The minimum Gasteiger partial charge on any atom is -0.481 e. The average molecular weight is 735 g/mol. The molecule has 0 aliphatic heterocycles. The van der Waals surface area contributed by atoms with Crippen molar-refractivity contribution in [1.29, 1.82) is 0 Å². The van der Waals surface area contributed by atoms with Crippen LogP contribution >= 0.6 is 7.60 Å². The summed E-state index contributed by atoms with van der Waals surface area (Å²) in [6.45, 7) is 24.0. The molecule has 0 bridgehead atoms. The van der Waals surface area contributed by atoms with Gasteiger partial charge in [0, 0.05) is 11.8 Å². The predicted molar refractivity (Wildman–Crippen MR) is 197 cm³/mol. The number of hydrogen-bond acceptors (Lipinski definition) is 7. The van der Waals surface area contributed by atoms with Crippen molar-refractivity contribution in [2.24, 2.45) is 62.1 Å². The highest BCUT2D eigenvalue weighted by Crippen LogP contribution is 2.78. The van der Waals surface area contributed by atoms with Gasteiger partial charge >= 0.3 is 25.5 Å². The quantitative estimate of drug-likeness (QED) is 0.108. The van der Waals surface area contributed by atoms with Crippen LogP contribution in [0.2, 0.25) is 0 Å². The number of hydrogen-bond donors (Lipinski definition) is 2. The van der Waals surface area contributed by atoms with Crippen molar-refractivity contribution in [2.45, 2.75) is 145 Å². The van der Waals surface area contributed by atoms with Crippen LogP contribution in [0.25, 0.3) is 0 Å². The molecule has 5 rings (SSSR count). The molecule has 0 aromatic carbocycles. The Balaban J connectivity index is 1.40. The molecule has 2 N–H and O–H groups in total. The van der Waals surface area contributed by atoms with Crippen molar-refractivity contribution in [3.05, 3.63) is 12.2 Å². The van der Waals surface area contributed by atoms with E-state index in [1.54, 1.807) is 13.8 Å². The van der Waals surface area contributed by atoms with E-state index in [9.17, 15) is 29.2 Å². The van der Waals surface area contributed by atoms with Crippen molar-refractivity contribution in [2.75, 3.05) is 19.4 Å². The number of aliphatic carboxylic acids is 2. The van der Waals surface area contributed by atoms with Crippen LogP contribution in [0.1, 0.15) is 139 Å². The molecule has 5 aliphatic carbocycles. The van der Waals surface area contributed by atoms with E-state index in [2.05, 4.69) is 41.2 Å². The second kappa shape index (κ2) is 13.9. The van der Waals surface area contributed by atoms with E-state index < -0.39 is 30.4 Å². The van der Waals surface area contributed by atoms with Crippen LogP contribution in [0, 0.1) is 62.1 Å². The summed E-state index contributed by atoms with van der Waals surface area (Å²) in [5.74, 6) is -0.997. The predicted octanol–water partition coefficient (Wildman–Crippen LogP) is 9.78. The third-order valence-corrected chi connectivity index (χ3v) is 18.3. The van der Waals surface area contributed by atoms with E-state index >= 15 is 0 Å². The molecule has 0 saturated heterocycles. The van der Waals surface area contributed by atoms with Gasteiger partial charge in [-0.25, -0.2) is 0 Å². The molecule has 9 nitrogen and oxygen atoms in total. The van der Waals surface area contributed by atoms with Crippen molar-refractivity contribution in [3.8, 4) is 0 Å². The maximum Gasteiger partial charge on any atom is 0.334 e. The first kappa shape index (κ1) is 40.5. The number of carbonyl (C=O) groups is 3. The molecule has 10 heteroatoms. The number of allylic oxidation sites excluding steroid dienone is 1. The molecular formula is C41H67O9P. The standard InChI is InChI=1S/C41H67O9P/c1-11-48-51(47,49-12-2)25-26(3)27-15-22-41(35(45)46)24-23-39(9)28(33(27)41)13-14-30-38(8)20-17-31(37(6,7)29(38)16-21-40(30,39)10)50-32(42)18-19-36(4,5)34(43)44/h27-31,33H,3,11-25H2,1-2,4-10H3,(H,43,44)(H,45,46)/t27?,28?,29?,30?,31?,33?,38-,39+,40+,41?/m0/s1. The molecule has 0 heterocycles. The Bertz CT molecular complexity index is 1430. The first-order valence-electron chi connectivity index (χ1n) is 19.8. The summed E-state index contributed by atoms with van der Waals surface area (Å²) in [5.41, 5.74) is -1.21. The third kappa shape index (κ3) is 6.49. The van der Waals surface area contributed by atoms with Gasteiger partial charge < -0.3 is 24.0 Å². The maximum absolute atomic E-state index is 13.7. The van der Waals surface area contributed by atoms with Crippen LogP contribution in [0.15, 0.2) is 12.2 Å². The maximum atomic E-state index is 13.7. The topological polar surface area (TPSA) is 136 Å². The van der Waals surface area contributed by atoms with Crippen LogP contribution in [0.4, 0.5) is 0 Å². The minimum atomic E-state index is -3.38. The zero-order valence-electron chi connectivity index (χ0n) is 33.0. The Kier molecular flexibility index (Phi) is 11.0. The zero-order chi connectivity index (χ0) is 38.0. The lowest BCUT2D eigenvalue weighted by molar-refractivity contribution is -0.250. The number of carboxylic acids is 2. The van der Waals surface area contributed by atoms with E-state index in [1.165, 1.54) is 0 Å². The second-order valence-electron chi connectivity index (χ2n) is 19.1. The molecule has 0 spiro atoms. The fraction of sp³-hybridized carbons (Fsp3) is 0.878. The Hall–Kier alpha value is -1.70. The normalized spacial score (nSPS) is 40.3. The number of fused-ring (bicyclic) bond motifs is 7. The highest BCUT2D eigenvalue weighted by molar-refractivity contribution is 7.54. The molecule has 0 aromatic rings. The zero-order valence-corrected chi connectivity index (χ0v) is 33.9. The third-order valence-electron chi connectivity index (χ3n) is 16.2. The van der Waals surface area contributed by atoms with Gasteiger partial charge in [0.05, 0.1) is 30.2 Å². The summed E-state index contributed by atoms with van der Waals surface area (Å²) >= 11 is 0. The number of esters is 1. The van der Waals surface area contributed by atoms with Gasteiger partial charge in [0.1, 0.15) is 6.10 Å². The molecule has 5 saturated carbocycles. The van der Waals surface area contributed by atoms with Crippen molar-refractivity contribution >= 4 is 25.5 Å².